The lowest BCUT2D eigenvalue weighted by Crippen LogP contribution is -2.31. The van der Waals surface area contributed by atoms with Gasteiger partial charge < -0.3 is 19.8 Å². The summed E-state index contributed by atoms with van der Waals surface area (Å²) < 4.78 is 10.5. The average Bonchev–Trinajstić information content (AvgIpc) is 2.98. The Bertz CT molecular complexity index is 670. The van der Waals surface area contributed by atoms with E-state index in [0.717, 1.165) is 0 Å². The van der Waals surface area contributed by atoms with Gasteiger partial charge in [0.15, 0.2) is 6.61 Å². The molecule has 2 rings (SSSR count). The fourth-order valence-corrected chi connectivity index (χ4v) is 1.97. The highest BCUT2D eigenvalue weighted by molar-refractivity contribution is 6.31. The predicted octanol–water partition coefficient (Wildman–Crippen LogP) is 2.07. The van der Waals surface area contributed by atoms with E-state index >= 15 is 0 Å². The second-order valence-electron chi connectivity index (χ2n) is 4.62. The molecule has 2 amide bonds. The van der Waals surface area contributed by atoms with Crippen LogP contribution in [0.2, 0.25) is 5.02 Å². The number of hydrogen-bond donors (Lipinski definition) is 1. The number of ether oxygens (including phenoxy) is 1. The van der Waals surface area contributed by atoms with Crippen molar-refractivity contribution in [1.29, 1.82) is 0 Å². The van der Waals surface area contributed by atoms with Crippen LogP contribution < -0.4 is 10.5 Å². The lowest BCUT2D eigenvalue weighted by atomic mass is 10.2. The number of likely N-dealkylation sites (N-methyl/N-ethyl adjacent to an activating group) is 1. The summed E-state index contributed by atoms with van der Waals surface area (Å²) >= 11 is 5.80. The number of benzene rings is 1. The predicted molar refractivity (Wildman–Crippen MR) is 80.6 cm³/mol. The molecule has 0 saturated carbocycles. The summed E-state index contributed by atoms with van der Waals surface area (Å²) in [6, 6.07) is 7.98. The van der Waals surface area contributed by atoms with E-state index in [9.17, 15) is 9.59 Å². The van der Waals surface area contributed by atoms with Crippen molar-refractivity contribution in [1.82, 2.24) is 4.90 Å². The summed E-state index contributed by atoms with van der Waals surface area (Å²) in [5, 5.41) is 0.363. The SMILES string of the molecule is CN(Cc1ccco1)C(=O)COc1ccc(Cl)cc1C(N)=O. The summed E-state index contributed by atoms with van der Waals surface area (Å²) in [5.74, 6) is -0.0486. The van der Waals surface area contributed by atoms with E-state index in [2.05, 4.69) is 0 Å². The summed E-state index contributed by atoms with van der Waals surface area (Å²) in [4.78, 5) is 24.8. The molecule has 1 heterocycles. The van der Waals surface area contributed by atoms with Crippen molar-refractivity contribution >= 4 is 23.4 Å². The van der Waals surface area contributed by atoms with Crippen LogP contribution in [0.25, 0.3) is 0 Å². The molecule has 1 aromatic heterocycles. The minimum Gasteiger partial charge on any atom is -0.483 e. The van der Waals surface area contributed by atoms with Gasteiger partial charge in [0, 0.05) is 12.1 Å². The summed E-state index contributed by atoms with van der Waals surface area (Å²) in [5.41, 5.74) is 5.39. The van der Waals surface area contributed by atoms with E-state index < -0.39 is 5.91 Å². The van der Waals surface area contributed by atoms with Crippen LogP contribution in [-0.4, -0.2) is 30.4 Å². The smallest absolute Gasteiger partial charge is 0.260 e. The number of nitrogens with two attached hydrogens (primary N) is 1. The van der Waals surface area contributed by atoms with Crippen molar-refractivity contribution in [3.63, 3.8) is 0 Å². The molecule has 0 bridgehead atoms. The molecule has 0 aliphatic heterocycles. The number of primary amides is 1. The first-order chi connectivity index (χ1) is 10.5. The van der Waals surface area contributed by atoms with Gasteiger partial charge in [0.05, 0.1) is 18.4 Å². The average molecular weight is 323 g/mol. The second kappa shape index (κ2) is 7.00. The van der Waals surface area contributed by atoms with Crippen LogP contribution in [0.1, 0.15) is 16.1 Å². The summed E-state index contributed by atoms with van der Waals surface area (Å²) in [6.45, 7) is 0.109. The topological polar surface area (TPSA) is 85.8 Å². The highest BCUT2D eigenvalue weighted by Gasteiger charge is 2.15. The molecule has 0 atom stereocenters. The lowest BCUT2D eigenvalue weighted by molar-refractivity contribution is -0.132. The molecule has 0 fully saturated rings. The number of carbonyl (C=O) groups excluding carboxylic acids is 2. The Balaban J connectivity index is 1.97. The Morgan fingerprint density at radius 1 is 1.36 bits per heavy atom. The van der Waals surface area contributed by atoms with Crippen molar-refractivity contribution in [3.05, 3.63) is 52.9 Å². The van der Waals surface area contributed by atoms with E-state index in [0.29, 0.717) is 17.3 Å². The van der Waals surface area contributed by atoms with E-state index in [-0.39, 0.29) is 23.8 Å². The number of furan rings is 1. The molecule has 116 valence electrons. The highest BCUT2D eigenvalue weighted by atomic mass is 35.5. The third-order valence-corrected chi connectivity index (χ3v) is 3.19. The Hall–Kier alpha value is -2.47. The van der Waals surface area contributed by atoms with Gasteiger partial charge in [-0.15, -0.1) is 0 Å². The van der Waals surface area contributed by atoms with Gasteiger partial charge in [0.1, 0.15) is 11.5 Å². The maximum absolute atomic E-state index is 12.0. The first-order valence-corrected chi connectivity index (χ1v) is 6.83. The molecular weight excluding hydrogens is 308 g/mol. The van der Waals surface area contributed by atoms with Gasteiger partial charge in [-0.25, -0.2) is 0 Å². The zero-order valence-corrected chi connectivity index (χ0v) is 12.7. The Morgan fingerprint density at radius 2 is 2.14 bits per heavy atom. The number of halogens is 1. The maximum atomic E-state index is 12.0. The zero-order chi connectivity index (χ0) is 16.1. The number of amides is 2. The molecule has 0 aliphatic rings. The molecule has 22 heavy (non-hydrogen) atoms. The molecule has 2 aromatic rings. The van der Waals surface area contributed by atoms with Crippen LogP contribution in [0.3, 0.4) is 0 Å². The number of carbonyl (C=O) groups is 2. The monoisotopic (exact) mass is 322 g/mol. The van der Waals surface area contributed by atoms with Crippen LogP contribution >= 0.6 is 11.6 Å². The van der Waals surface area contributed by atoms with Crippen LogP contribution in [0.4, 0.5) is 0 Å². The van der Waals surface area contributed by atoms with Crippen molar-refractivity contribution in [2.45, 2.75) is 6.54 Å². The second-order valence-corrected chi connectivity index (χ2v) is 5.06. The van der Waals surface area contributed by atoms with Gasteiger partial charge in [-0.05, 0) is 30.3 Å². The first kappa shape index (κ1) is 15.9. The van der Waals surface area contributed by atoms with E-state index in [1.54, 1.807) is 25.2 Å². The Morgan fingerprint density at radius 3 is 2.77 bits per heavy atom. The maximum Gasteiger partial charge on any atom is 0.260 e. The third kappa shape index (κ3) is 4.02. The molecular formula is C15H15ClN2O4. The quantitative estimate of drug-likeness (QED) is 0.882. The molecule has 0 radical (unpaired) electrons. The molecule has 0 saturated heterocycles. The van der Waals surface area contributed by atoms with Crippen LogP contribution in [0, 0.1) is 0 Å². The van der Waals surface area contributed by atoms with Gasteiger partial charge in [0.2, 0.25) is 0 Å². The van der Waals surface area contributed by atoms with Crippen molar-refractivity contribution in [2.75, 3.05) is 13.7 Å². The Kier molecular flexibility index (Phi) is 5.06. The molecule has 7 heteroatoms. The zero-order valence-electron chi connectivity index (χ0n) is 11.9. The van der Waals surface area contributed by atoms with Gasteiger partial charge in [-0.3, -0.25) is 9.59 Å². The first-order valence-electron chi connectivity index (χ1n) is 6.46. The number of nitrogens with zero attached hydrogens (tertiary/aromatic N) is 1. The third-order valence-electron chi connectivity index (χ3n) is 2.96. The fourth-order valence-electron chi connectivity index (χ4n) is 1.79. The normalized spacial score (nSPS) is 10.3. The highest BCUT2D eigenvalue weighted by Crippen LogP contribution is 2.22. The van der Waals surface area contributed by atoms with Gasteiger partial charge in [0.25, 0.3) is 11.8 Å². The van der Waals surface area contributed by atoms with Crippen molar-refractivity contribution in [2.24, 2.45) is 5.73 Å². The van der Waals surface area contributed by atoms with Gasteiger partial charge in [-0.2, -0.15) is 0 Å². The molecule has 1 aromatic carbocycles. The van der Waals surface area contributed by atoms with E-state index in [1.165, 1.54) is 23.3 Å². The number of hydrogen-bond acceptors (Lipinski definition) is 4. The summed E-state index contributed by atoms with van der Waals surface area (Å²) in [7, 11) is 1.63. The van der Waals surface area contributed by atoms with E-state index in [1.807, 2.05) is 0 Å². The lowest BCUT2D eigenvalue weighted by Gasteiger charge is -2.16. The van der Waals surface area contributed by atoms with Crippen LogP contribution in [0.5, 0.6) is 5.75 Å². The molecule has 0 spiro atoms. The fraction of sp³-hybridized carbons (Fsp3) is 0.200. The Labute approximate surface area is 132 Å². The standard InChI is InChI=1S/C15H15ClN2O4/c1-18(8-11-3-2-6-21-11)14(19)9-22-13-5-4-10(16)7-12(13)15(17)20/h2-7H,8-9H2,1H3,(H2,17,20). The van der Waals surface area contributed by atoms with Gasteiger partial charge in [-0.1, -0.05) is 11.6 Å². The largest absolute Gasteiger partial charge is 0.483 e. The molecule has 0 aliphatic carbocycles. The van der Waals surface area contributed by atoms with Crippen LogP contribution in [-0.2, 0) is 11.3 Å². The minimum atomic E-state index is -0.672. The van der Waals surface area contributed by atoms with Crippen LogP contribution in [0.15, 0.2) is 41.0 Å². The summed E-state index contributed by atoms with van der Waals surface area (Å²) in [6.07, 6.45) is 1.54. The van der Waals surface area contributed by atoms with E-state index in [4.69, 9.17) is 26.5 Å². The molecule has 0 unspecified atom stereocenters. The van der Waals surface area contributed by atoms with Gasteiger partial charge >= 0.3 is 0 Å². The minimum absolute atomic E-state index is 0.133. The van der Waals surface area contributed by atoms with Crippen molar-refractivity contribution in [3.8, 4) is 5.75 Å². The molecule has 6 nitrogen and oxygen atoms in total. The number of rotatable bonds is 6. The molecule has 2 N–H and O–H groups in total. The van der Waals surface area contributed by atoms with Crippen molar-refractivity contribution < 1.29 is 18.7 Å².